The summed E-state index contributed by atoms with van der Waals surface area (Å²) in [7, 11) is 0. The van der Waals surface area contributed by atoms with Crippen LogP contribution in [0.3, 0.4) is 0 Å². The maximum atomic E-state index is 14.2. The Morgan fingerprint density at radius 2 is 1.95 bits per heavy atom. The second-order valence-corrected chi connectivity index (χ2v) is 13.4. The first-order chi connectivity index (χ1) is 18.8. The molecular formula is C31H36Cl2O7. The van der Waals surface area contributed by atoms with E-state index in [0.717, 1.165) is 5.57 Å². The van der Waals surface area contributed by atoms with Gasteiger partial charge in [0.2, 0.25) is 11.5 Å². The summed E-state index contributed by atoms with van der Waals surface area (Å²) in [6, 6.07) is 3.07. The van der Waals surface area contributed by atoms with Crippen LogP contribution in [0.15, 0.2) is 46.6 Å². The Morgan fingerprint density at radius 3 is 2.62 bits per heavy atom. The fourth-order valence-electron chi connectivity index (χ4n) is 8.45. The van der Waals surface area contributed by atoms with E-state index in [9.17, 15) is 19.2 Å². The second-order valence-electron chi connectivity index (χ2n) is 12.3. The molecule has 216 valence electrons. The SMILES string of the molecule is CCCC(=O)OCC(=O)[C@@]1(OC(=O)c2ccco2)C(C)C[C@H]2[C@@H]3CCC4=CC(=O)C=C[C@]4(C)[C@@]3(Cl)C(Cl)C[C@@]21C. The lowest BCUT2D eigenvalue weighted by Crippen LogP contribution is -2.68. The molecule has 0 aromatic carbocycles. The van der Waals surface area contributed by atoms with Crippen molar-refractivity contribution in [2.24, 2.45) is 28.6 Å². The minimum absolute atomic E-state index is 0.0173. The number of ketones is 2. The van der Waals surface area contributed by atoms with E-state index in [1.54, 1.807) is 18.2 Å². The summed E-state index contributed by atoms with van der Waals surface area (Å²) >= 11 is 14.9. The zero-order chi connectivity index (χ0) is 29.1. The number of Topliss-reactive ketones (excluding diaryl/α,β-unsaturated/α-hetero) is 1. The van der Waals surface area contributed by atoms with Crippen LogP contribution in [-0.2, 0) is 23.9 Å². The number of alkyl halides is 2. The Kier molecular flexibility index (Phi) is 7.40. The van der Waals surface area contributed by atoms with Gasteiger partial charge >= 0.3 is 11.9 Å². The molecule has 7 nitrogen and oxygen atoms in total. The third-order valence-corrected chi connectivity index (χ3v) is 11.9. The van der Waals surface area contributed by atoms with Gasteiger partial charge in [-0.15, -0.1) is 23.2 Å². The Hall–Kier alpha value is -2.38. The van der Waals surface area contributed by atoms with Gasteiger partial charge < -0.3 is 13.9 Å². The third kappa shape index (κ3) is 3.98. The van der Waals surface area contributed by atoms with Gasteiger partial charge in [-0.3, -0.25) is 14.4 Å². The number of ether oxygens (including phenoxy) is 2. The lowest BCUT2D eigenvalue weighted by atomic mass is 9.46. The summed E-state index contributed by atoms with van der Waals surface area (Å²) in [5, 5.41) is -0.616. The number of hydrogen-bond acceptors (Lipinski definition) is 7. The van der Waals surface area contributed by atoms with Crippen LogP contribution in [0.1, 0.15) is 76.8 Å². The molecule has 0 N–H and O–H groups in total. The van der Waals surface area contributed by atoms with Gasteiger partial charge in [-0.2, -0.15) is 0 Å². The minimum Gasteiger partial charge on any atom is -0.457 e. The quantitative estimate of drug-likeness (QED) is 0.274. The van der Waals surface area contributed by atoms with Crippen molar-refractivity contribution in [3.05, 3.63) is 48.0 Å². The van der Waals surface area contributed by atoms with Crippen molar-refractivity contribution in [2.45, 2.75) is 82.1 Å². The zero-order valence-corrected chi connectivity index (χ0v) is 24.8. The summed E-state index contributed by atoms with van der Waals surface area (Å²) in [6.45, 7) is 7.25. The summed E-state index contributed by atoms with van der Waals surface area (Å²) < 4.78 is 16.9. The average Bonchev–Trinajstić information content (AvgIpc) is 3.51. The largest absolute Gasteiger partial charge is 0.457 e. The first-order valence-electron chi connectivity index (χ1n) is 14.1. The number of carbonyl (C=O) groups excluding carboxylic acids is 4. The van der Waals surface area contributed by atoms with Crippen LogP contribution < -0.4 is 0 Å². The highest BCUT2D eigenvalue weighted by atomic mass is 35.5. The van der Waals surface area contributed by atoms with Gasteiger partial charge in [0.25, 0.3) is 0 Å². The van der Waals surface area contributed by atoms with Crippen molar-refractivity contribution in [1.29, 1.82) is 0 Å². The number of esters is 2. The van der Waals surface area contributed by atoms with Crippen LogP contribution >= 0.6 is 23.2 Å². The van der Waals surface area contributed by atoms with Gasteiger partial charge in [-0.05, 0) is 68.2 Å². The van der Waals surface area contributed by atoms with E-state index in [1.165, 1.54) is 12.3 Å². The Morgan fingerprint density at radius 1 is 1.20 bits per heavy atom. The van der Waals surface area contributed by atoms with Crippen molar-refractivity contribution in [2.75, 3.05) is 6.61 Å². The van der Waals surface area contributed by atoms with Crippen molar-refractivity contribution in [3.63, 3.8) is 0 Å². The van der Waals surface area contributed by atoms with Gasteiger partial charge in [-0.1, -0.05) is 39.3 Å². The van der Waals surface area contributed by atoms with Crippen LogP contribution in [-0.4, -0.2) is 46.0 Å². The maximum Gasteiger partial charge on any atom is 0.375 e. The van der Waals surface area contributed by atoms with Gasteiger partial charge in [0.05, 0.1) is 16.5 Å². The number of hydrogen-bond donors (Lipinski definition) is 0. The number of allylic oxidation sites excluding steroid dienone is 4. The van der Waals surface area contributed by atoms with Crippen LogP contribution in [0.4, 0.5) is 0 Å². The number of halogens is 2. The molecule has 3 saturated carbocycles. The Labute approximate surface area is 244 Å². The molecule has 3 fully saturated rings. The lowest BCUT2D eigenvalue weighted by molar-refractivity contribution is -0.174. The summed E-state index contributed by atoms with van der Waals surface area (Å²) in [5.74, 6) is -2.43. The highest BCUT2D eigenvalue weighted by Gasteiger charge is 2.76. The average molecular weight is 592 g/mol. The van der Waals surface area contributed by atoms with Crippen molar-refractivity contribution in [3.8, 4) is 0 Å². The first-order valence-corrected chi connectivity index (χ1v) is 14.9. The molecule has 0 saturated heterocycles. The minimum atomic E-state index is -1.62. The molecule has 0 bridgehead atoms. The highest BCUT2D eigenvalue weighted by Crippen LogP contribution is 2.73. The molecule has 4 aliphatic carbocycles. The van der Waals surface area contributed by atoms with E-state index >= 15 is 0 Å². The van der Waals surface area contributed by atoms with Gasteiger partial charge in [0, 0.05) is 23.2 Å². The molecule has 1 aromatic heterocycles. The van der Waals surface area contributed by atoms with E-state index in [0.29, 0.717) is 25.7 Å². The number of rotatable bonds is 7. The smallest absolute Gasteiger partial charge is 0.375 e. The predicted molar refractivity (Wildman–Crippen MR) is 149 cm³/mol. The van der Waals surface area contributed by atoms with Crippen LogP contribution in [0.2, 0.25) is 0 Å². The standard InChI is InChI=1S/C31H36Cl2O7/c1-5-7-26(36)39-17-25(35)31(40-27(37)23-8-6-13-38-23)18(2)14-22-21-10-9-19-15-20(34)11-12-28(19,3)30(21,33)24(32)16-29(22,31)4/h6,8,11-13,15,18,21-22,24H,5,7,9-10,14,16-17H2,1-4H3/t18?,21-,22-,24?,28-,29-,30-,31-/m0/s1. The molecular weight excluding hydrogens is 555 g/mol. The van der Waals surface area contributed by atoms with E-state index < -0.39 is 56.9 Å². The lowest BCUT2D eigenvalue weighted by Gasteiger charge is -2.64. The topological polar surface area (TPSA) is 99.9 Å². The van der Waals surface area contributed by atoms with Gasteiger partial charge in [0.1, 0.15) is 0 Å². The molecule has 0 aliphatic heterocycles. The van der Waals surface area contributed by atoms with E-state index in [1.807, 2.05) is 33.8 Å². The van der Waals surface area contributed by atoms with Crippen molar-refractivity contribution >= 4 is 46.7 Å². The van der Waals surface area contributed by atoms with Crippen LogP contribution in [0, 0.1) is 28.6 Å². The molecule has 8 atom stereocenters. The van der Waals surface area contributed by atoms with E-state index in [2.05, 4.69) is 0 Å². The molecule has 0 spiro atoms. The maximum absolute atomic E-state index is 14.2. The molecule has 0 amide bonds. The van der Waals surface area contributed by atoms with Crippen molar-refractivity contribution in [1.82, 2.24) is 0 Å². The van der Waals surface area contributed by atoms with Crippen molar-refractivity contribution < 1.29 is 33.1 Å². The number of carbonyl (C=O) groups is 4. The summed E-state index contributed by atoms with van der Waals surface area (Å²) in [5.41, 5.74) is -2.18. The fourth-order valence-corrected chi connectivity index (χ4v) is 9.69. The predicted octanol–water partition coefficient (Wildman–Crippen LogP) is 6.22. The molecule has 5 rings (SSSR count). The molecule has 0 radical (unpaired) electrons. The number of furan rings is 1. The van der Waals surface area contributed by atoms with Gasteiger partial charge in [0.15, 0.2) is 18.0 Å². The summed E-state index contributed by atoms with van der Waals surface area (Å²) in [4.78, 5) is 51.1. The Balaban J connectivity index is 1.58. The molecule has 9 heteroatoms. The van der Waals surface area contributed by atoms with Crippen LogP contribution in [0.5, 0.6) is 0 Å². The second kappa shape index (κ2) is 10.2. The first kappa shape index (κ1) is 29.1. The van der Waals surface area contributed by atoms with Crippen LogP contribution in [0.25, 0.3) is 0 Å². The third-order valence-electron chi connectivity index (χ3n) is 10.3. The molecule has 40 heavy (non-hydrogen) atoms. The molecule has 1 aromatic rings. The monoisotopic (exact) mass is 590 g/mol. The fraction of sp³-hybridized carbons (Fsp3) is 0.613. The van der Waals surface area contributed by atoms with E-state index in [4.69, 9.17) is 37.1 Å². The normalized spacial score (nSPS) is 40.0. The molecule has 4 aliphatic rings. The summed E-state index contributed by atoms with van der Waals surface area (Å²) in [6.07, 6.45) is 9.49. The highest BCUT2D eigenvalue weighted by molar-refractivity contribution is 6.34. The molecule has 1 heterocycles. The number of fused-ring (bicyclic) bond motifs is 5. The molecule has 2 unspecified atom stereocenters. The zero-order valence-electron chi connectivity index (χ0n) is 23.3. The van der Waals surface area contributed by atoms with E-state index in [-0.39, 0.29) is 36.2 Å². The van der Waals surface area contributed by atoms with Gasteiger partial charge in [-0.25, -0.2) is 4.79 Å². The Bertz CT molecular complexity index is 1280.